The molecule has 0 N–H and O–H groups in total. The monoisotopic (exact) mass is 240 g/mol. The van der Waals surface area contributed by atoms with Gasteiger partial charge < -0.3 is 4.74 Å². The lowest BCUT2D eigenvalue weighted by Crippen LogP contribution is -2.09. The van der Waals surface area contributed by atoms with E-state index in [0.717, 1.165) is 5.75 Å². The number of hydrogen-bond acceptors (Lipinski definition) is 3. The van der Waals surface area contributed by atoms with Crippen LogP contribution >= 0.6 is 21.6 Å². The molecule has 3 heteroatoms. The van der Waals surface area contributed by atoms with Crippen molar-refractivity contribution in [3.63, 3.8) is 0 Å². The average Bonchev–Trinajstić information content (AvgIpc) is 2.59. The molecule has 1 atom stereocenters. The maximum atomic E-state index is 5.16. The van der Waals surface area contributed by atoms with Gasteiger partial charge in [0.05, 0.1) is 7.11 Å². The van der Waals surface area contributed by atoms with E-state index in [1.54, 1.807) is 7.11 Å². The lowest BCUT2D eigenvalue weighted by molar-refractivity contribution is 0.414. The molecule has 0 amide bonds. The van der Waals surface area contributed by atoms with Gasteiger partial charge in [0.25, 0.3) is 0 Å². The van der Waals surface area contributed by atoms with E-state index in [1.165, 1.54) is 12.0 Å². The van der Waals surface area contributed by atoms with Crippen molar-refractivity contribution in [1.82, 2.24) is 0 Å². The van der Waals surface area contributed by atoms with Crippen LogP contribution in [0, 0.1) is 0 Å². The summed E-state index contributed by atoms with van der Waals surface area (Å²) in [6.07, 6.45) is 1.24. The summed E-state index contributed by atoms with van der Waals surface area (Å²) in [6.45, 7) is 4.63. The van der Waals surface area contributed by atoms with Crippen molar-refractivity contribution < 1.29 is 4.74 Å². The molecule has 0 radical (unpaired) electrons. The molecule has 1 fully saturated rings. The third-order valence-electron chi connectivity index (χ3n) is 2.55. The highest BCUT2D eigenvalue weighted by Gasteiger charge is 2.33. The summed E-state index contributed by atoms with van der Waals surface area (Å²) in [5.41, 5.74) is 1.42. The van der Waals surface area contributed by atoms with E-state index in [9.17, 15) is 0 Å². The molecule has 1 aliphatic heterocycles. The highest BCUT2D eigenvalue weighted by molar-refractivity contribution is 8.77. The molecule has 1 nitrogen and oxygen atoms in total. The van der Waals surface area contributed by atoms with E-state index in [4.69, 9.17) is 4.74 Å². The van der Waals surface area contributed by atoms with Crippen LogP contribution in [0.25, 0.3) is 0 Å². The van der Waals surface area contributed by atoms with Crippen LogP contribution in [-0.4, -0.2) is 11.9 Å². The van der Waals surface area contributed by atoms with Crippen LogP contribution < -0.4 is 4.74 Å². The molecule has 1 aromatic carbocycles. The van der Waals surface area contributed by atoms with Gasteiger partial charge in [-0.3, -0.25) is 0 Å². The summed E-state index contributed by atoms with van der Waals surface area (Å²) in [5.74, 6) is 0.939. The predicted octanol–water partition coefficient (Wildman–Crippen LogP) is 4.30. The molecule has 0 saturated carbocycles. The summed E-state index contributed by atoms with van der Waals surface area (Å²) in [7, 11) is 5.70. The first-order valence-corrected chi connectivity index (χ1v) is 7.30. The largest absolute Gasteiger partial charge is 0.497 e. The molecule has 82 valence electrons. The molecular formula is C12H16OS2. The van der Waals surface area contributed by atoms with E-state index >= 15 is 0 Å². The normalized spacial score (nSPS) is 24.1. The minimum atomic E-state index is 0.412. The summed E-state index contributed by atoms with van der Waals surface area (Å²) in [6, 6.07) is 8.45. The van der Waals surface area contributed by atoms with Gasteiger partial charge in [-0.15, -0.1) is 0 Å². The number of benzene rings is 1. The van der Waals surface area contributed by atoms with Crippen molar-refractivity contribution >= 4 is 21.6 Å². The molecule has 0 spiro atoms. The Labute approximate surface area is 99.4 Å². The summed E-state index contributed by atoms with van der Waals surface area (Å²) >= 11 is 0. The molecule has 1 heterocycles. The SMILES string of the molecule is COc1ccc([C@H]2CC(C)(C)SS2)cc1. The van der Waals surface area contributed by atoms with Crippen LogP contribution in [0.2, 0.25) is 0 Å². The van der Waals surface area contributed by atoms with Crippen LogP contribution in [0.5, 0.6) is 5.75 Å². The zero-order chi connectivity index (χ0) is 10.9. The van der Waals surface area contributed by atoms with Gasteiger partial charge in [0.1, 0.15) is 5.75 Å². The second kappa shape index (κ2) is 4.30. The summed E-state index contributed by atoms with van der Waals surface area (Å²) in [5, 5.41) is 0.635. The van der Waals surface area contributed by atoms with Crippen molar-refractivity contribution in [3.05, 3.63) is 29.8 Å². The molecule has 0 bridgehead atoms. The second-order valence-corrected chi connectivity index (χ2v) is 7.52. The molecular weight excluding hydrogens is 224 g/mol. The van der Waals surface area contributed by atoms with E-state index in [2.05, 4.69) is 26.0 Å². The van der Waals surface area contributed by atoms with Gasteiger partial charge in [0.15, 0.2) is 0 Å². The first kappa shape index (κ1) is 11.2. The Morgan fingerprint density at radius 1 is 1.27 bits per heavy atom. The van der Waals surface area contributed by atoms with E-state index < -0.39 is 0 Å². The zero-order valence-electron chi connectivity index (χ0n) is 9.32. The molecule has 2 rings (SSSR count). The Hall–Kier alpha value is -0.280. The van der Waals surface area contributed by atoms with Crippen LogP contribution in [0.15, 0.2) is 24.3 Å². The fourth-order valence-corrected chi connectivity index (χ4v) is 5.04. The van der Waals surface area contributed by atoms with Gasteiger partial charge in [-0.2, -0.15) is 0 Å². The van der Waals surface area contributed by atoms with E-state index in [0.29, 0.717) is 10.00 Å². The fraction of sp³-hybridized carbons (Fsp3) is 0.500. The Balaban J connectivity index is 2.11. The predicted molar refractivity (Wildman–Crippen MR) is 69.6 cm³/mol. The Bertz CT molecular complexity index is 332. The maximum absolute atomic E-state index is 5.16. The van der Waals surface area contributed by atoms with E-state index in [1.807, 2.05) is 33.7 Å². The third kappa shape index (κ3) is 2.64. The molecule has 0 aromatic heterocycles. The maximum Gasteiger partial charge on any atom is 0.118 e. The minimum Gasteiger partial charge on any atom is -0.497 e. The molecule has 0 unspecified atom stereocenters. The highest BCUT2D eigenvalue weighted by atomic mass is 33.1. The van der Waals surface area contributed by atoms with Gasteiger partial charge in [0.2, 0.25) is 0 Å². The standard InChI is InChI=1S/C12H16OS2/c1-12(2)8-11(14-15-12)9-4-6-10(13-3)7-5-9/h4-7,11H,8H2,1-3H3/t11-/m1/s1. The van der Waals surface area contributed by atoms with Crippen LogP contribution in [0.3, 0.4) is 0 Å². The molecule has 0 aliphatic carbocycles. The molecule has 1 saturated heterocycles. The molecule has 1 aliphatic rings. The Morgan fingerprint density at radius 2 is 1.93 bits per heavy atom. The lowest BCUT2D eigenvalue weighted by atomic mass is 10.0. The summed E-state index contributed by atoms with van der Waals surface area (Å²) in [4.78, 5) is 0. The Kier molecular flexibility index (Phi) is 3.21. The Morgan fingerprint density at radius 3 is 2.40 bits per heavy atom. The smallest absolute Gasteiger partial charge is 0.118 e. The van der Waals surface area contributed by atoms with Gasteiger partial charge >= 0.3 is 0 Å². The van der Waals surface area contributed by atoms with Gasteiger partial charge in [-0.1, -0.05) is 33.7 Å². The number of hydrogen-bond donors (Lipinski definition) is 0. The number of ether oxygens (including phenoxy) is 1. The van der Waals surface area contributed by atoms with Crippen molar-refractivity contribution in [2.24, 2.45) is 0 Å². The fourth-order valence-electron chi connectivity index (χ4n) is 1.69. The van der Waals surface area contributed by atoms with Crippen molar-refractivity contribution in [3.8, 4) is 5.75 Å². The number of methoxy groups -OCH3 is 1. The third-order valence-corrected chi connectivity index (χ3v) is 6.28. The van der Waals surface area contributed by atoms with Gasteiger partial charge in [-0.25, -0.2) is 0 Å². The van der Waals surface area contributed by atoms with Crippen molar-refractivity contribution in [2.75, 3.05) is 7.11 Å². The van der Waals surface area contributed by atoms with E-state index in [-0.39, 0.29) is 0 Å². The lowest BCUT2D eigenvalue weighted by Gasteiger charge is -2.14. The second-order valence-electron chi connectivity index (χ2n) is 4.41. The van der Waals surface area contributed by atoms with Crippen molar-refractivity contribution in [1.29, 1.82) is 0 Å². The number of rotatable bonds is 2. The summed E-state index contributed by atoms with van der Waals surface area (Å²) < 4.78 is 5.57. The van der Waals surface area contributed by atoms with Crippen molar-refractivity contribution in [2.45, 2.75) is 30.3 Å². The minimum absolute atomic E-state index is 0.412. The first-order valence-electron chi connectivity index (χ1n) is 5.09. The zero-order valence-corrected chi connectivity index (χ0v) is 11.0. The van der Waals surface area contributed by atoms with Crippen LogP contribution in [0.1, 0.15) is 31.1 Å². The quantitative estimate of drug-likeness (QED) is 0.713. The van der Waals surface area contributed by atoms with Gasteiger partial charge in [-0.05, 0) is 38.0 Å². The van der Waals surface area contributed by atoms with Gasteiger partial charge in [0, 0.05) is 10.00 Å². The molecule has 1 aromatic rings. The first-order chi connectivity index (χ1) is 7.11. The van der Waals surface area contributed by atoms with Crippen LogP contribution in [0.4, 0.5) is 0 Å². The highest BCUT2D eigenvalue weighted by Crippen LogP contribution is 2.57. The average molecular weight is 240 g/mol. The topological polar surface area (TPSA) is 9.23 Å². The molecule has 15 heavy (non-hydrogen) atoms. The van der Waals surface area contributed by atoms with Crippen LogP contribution in [-0.2, 0) is 0 Å².